The van der Waals surface area contributed by atoms with E-state index in [2.05, 4.69) is 26.0 Å². The van der Waals surface area contributed by atoms with Crippen molar-refractivity contribution in [2.45, 2.75) is 0 Å². The van der Waals surface area contributed by atoms with Crippen LogP contribution in [0.3, 0.4) is 0 Å². The third-order valence-electron chi connectivity index (χ3n) is 1.51. The van der Waals surface area contributed by atoms with Crippen molar-refractivity contribution in [2.75, 3.05) is 19.0 Å². The first-order valence-electron chi connectivity index (χ1n) is 3.78. The molecule has 0 saturated heterocycles. The predicted octanol–water partition coefficient (Wildman–Crippen LogP) is 2.46. The van der Waals surface area contributed by atoms with E-state index < -0.39 is 0 Å². The molecule has 0 fully saturated rings. The first-order chi connectivity index (χ1) is 6.22. The van der Waals surface area contributed by atoms with Crippen LogP contribution in [-0.2, 0) is 9.53 Å². The van der Waals surface area contributed by atoms with Crippen molar-refractivity contribution in [1.29, 1.82) is 0 Å². The van der Waals surface area contributed by atoms with Gasteiger partial charge in [0.25, 0.3) is 0 Å². The summed E-state index contributed by atoms with van der Waals surface area (Å²) in [6.45, 7) is 0.193. The van der Waals surface area contributed by atoms with Gasteiger partial charge in [-0.2, -0.15) is 0 Å². The van der Waals surface area contributed by atoms with Gasteiger partial charge in [0.15, 0.2) is 0 Å². The van der Waals surface area contributed by atoms with E-state index in [0.29, 0.717) is 0 Å². The summed E-state index contributed by atoms with van der Waals surface area (Å²) in [5.41, 5.74) is 0.897. The molecule has 0 aliphatic heterocycles. The van der Waals surface area contributed by atoms with E-state index in [0.717, 1.165) is 10.2 Å². The molecule has 78 valence electrons. The SMILES string of the molecule is COC(=O)CNc1ccc(Br)cc1.Cl. The maximum absolute atomic E-state index is 10.8. The van der Waals surface area contributed by atoms with Crippen molar-refractivity contribution >= 4 is 40.0 Å². The summed E-state index contributed by atoms with van der Waals surface area (Å²) in [6.07, 6.45) is 0. The zero-order valence-corrected chi connectivity index (χ0v) is 10.0. The summed E-state index contributed by atoms with van der Waals surface area (Å²) in [5, 5.41) is 2.93. The molecule has 1 aromatic carbocycles. The maximum Gasteiger partial charge on any atom is 0.325 e. The quantitative estimate of drug-likeness (QED) is 0.864. The summed E-state index contributed by atoms with van der Waals surface area (Å²) < 4.78 is 5.50. The van der Waals surface area contributed by atoms with E-state index in [1.165, 1.54) is 7.11 Å². The van der Waals surface area contributed by atoms with E-state index in [1.54, 1.807) is 0 Å². The molecule has 1 N–H and O–H groups in total. The lowest BCUT2D eigenvalue weighted by Gasteiger charge is -2.04. The summed E-state index contributed by atoms with van der Waals surface area (Å²) in [6, 6.07) is 7.57. The fourth-order valence-corrected chi connectivity index (χ4v) is 1.08. The first-order valence-corrected chi connectivity index (χ1v) is 4.58. The minimum atomic E-state index is -0.275. The Hall–Kier alpha value is -0.740. The van der Waals surface area contributed by atoms with Crippen LogP contribution >= 0.6 is 28.3 Å². The standard InChI is InChI=1S/C9H10BrNO2.ClH/c1-13-9(12)6-11-8-4-2-7(10)3-5-8;/h2-5,11H,6H2,1H3;1H. The smallest absolute Gasteiger partial charge is 0.325 e. The van der Waals surface area contributed by atoms with Crippen LogP contribution < -0.4 is 5.32 Å². The Bertz CT molecular complexity index is 289. The molecule has 0 spiro atoms. The van der Waals surface area contributed by atoms with Gasteiger partial charge in [0.05, 0.1) is 7.11 Å². The van der Waals surface area contributed by atoms with Gasteiger partial charge in [0, 0.05) is 10.2 Å². The number of ether oxygens (including phenoxy) is 1. The van der Waals surface area contributed by atoms with Gasteiger partial charge in [0.1, 0.15) is 6.54 Å². The molecule has 0 atom stereocenters. The number of anilines is 1. The van der Waals surface area contributed by atoms with Crippen LogP contribution in [0.4, 0.5) is 5.69 Å². The molecule has 1 rings (SSSR count). The van der Waals surface area contributed by atoms with E-state index in [-0.39, 0.29) is 24.9 Å². The van der Waals surface area contributed by atoms with Crippen LogP contribution in [0, 0.1) is 0 Å². The highest BCUT2D eigenvalue weighted by molar-refractivity contribution is 9.10. The molecular weight excluding hydrogens is 269 g/mol. The number of nitrogens with one attached hydrogen (secondary N) is 1. The van der Waals surface area contributed by atoms with Crippen LogP contribution in [0.15, 0.2) is 28.7 Å². The van der Waals surface area contributed by atoms with Gasteiger partial charge in [0.2, 0.25) is 0 Å². The van der Waals surface area contributed by atoms with Crippen molar-refractivity contribution in [3.63, 3.8) is 0 Å². The average Bonchev–Trinajstić information content (AvgIpc) is 2.16. The van der Waals surface area contributed by atoms with Gasteiger partial charge in [-0.05, 0) is 24.3 Å². The predicted molar refractivity (Wildman–Crippen MR) is 61.9 cm³/mol. The molecule has 5 heteroatoms. The van der Waals surface area contributed by atoms with Crippen LogP contribution in [0.1, 0.15) is 0 Å². The summed E-state index contributed by atoms with van der Waals surface area (Å²) in [4.78, 5) is 10.8. The average molecular weight is 281 g/mol. The normalized spacial score (nSPS) is 8.71. The largest absolute Gasteiger partial charge is 0.468 e. The third-order valence-corrected chi connectivity index (χ3v) is 2.04. The van der Waals surface area contributed by atoms with Crippen LogP contribution in [0.5, 0.6) is 0 Å². The van der Waals surface area contributed by atoms with Gasteiger partial charge >= 0.3 is 5.97 Å². The van der Waals surface area contributed by atoms with Crippen molar-refractivity contribution in [3.05, 3.63) is 28.7 Å². The van der Waals surface area contributed by atoms with Crippen LogP contribution in [0.2, 0.25) is 0 Å². The molecule has 0 saturated carbocycles. The Kier molecular flexibility index (Phi) is 6.32. The Morgan fingerprint density at radius 2 is 2.00 bits per heavy atom. The maximum atomic E-state index is 10.8. The van der Waals surface area contributed by atoms with E-state index in [4.69, 9.17) is 0 Å². The highest BCUT2D eigenvalue weighted by Gasteiger charge is 1.98. The number of hydrogen-bond acceptors (Lipinski definition) is 3. The van der Waals surface area contributed by atoms with Crippen molar-refractivity contribution in [3.8, 4) is 0 Å². The lowest BCUT2D eigenvalue weighted by atomic mass is 10.3. The molecule has 0 aliphatic carbocycles. The minimum Gasteiger partial charge on any atom is -0.468 e. The van der Waals surface area contributed by atoms with Gasteiger partial charge < -0.3 is 10.1 Å². The number of benzene rings is 1. The Morgan fingerprint density at radius 1 is 1.43 bits per heavy atom. The Morgan fingerprint density at radius 3 is 2.50 bits per heavy atom. The second-order valence-corrected chi connectivity index (χ2v) is 3.35. The van der Waals surface area contributed by atoms with Crippen LogP contribution in [-0.4, -0.2) is 19.6 Å². The highest BCUT2D eigenvalue weighted by atomic mass is 79.9. The molecule has 1 aromatic rings. The lowest BCUT2D eigenvalue weighted by Crippen LogP contribution is -2.14. The van der Waals surface area contributed by atoms with Crippen molar-refractivity contribution < 1.29 is 9.53 Å². The third kappa shape index (κ3) is 4.48. The minimum absolute atomic E-state index is 0. The molecule has 0 bridgehead atoms. The second kappa shape index (κ2) is 6.68. The number of halogens is 2. The fourth-order valence-electron chi connectivity index (χ4n) is 0.814. The molecule has 0 aromatic heterocycles. The summed E-state index contributed by atoms with van der Waals surface area (Å²) in [7, 11) is 1.37. The number of carbonyl (C=O) groups excluding carboxylic acids is 1. The topological polar surface area (TPSA) is 38.3 Å². The van der Waals surface area contributed by atoms with Gasteiger partial charge in [-0.15, -0.1) is 12.4 Å². The second-order valence-electron chi connectivity index (χ2n) is 2.44. The molecule has 3 nitrogen and oxygen atoms in total. The molecule has 14 heavy (non-hydrogen) atoms. The van der Waals surface area contributed by atoms with Crippen molar-refractivity contribution in [2.24, 2.45) is 0 Å². The van der Waals surface area contributed by atoms with Gasteiger partial charge in [-0.3, -0.25) is 4.79 Å². The number of esters is 1. The first kappa shape index (κ1) is 13.3. The molecule has 0 amide bonds. The molecular formula is C9H11BrClNO2. The number of methoxy groups -OCH3 is 1. The number of hydrogen-bond donors (Lipinski definition) is 1. The highest BCUT2D eigenvalue weighted by Crippen LogP contribution is 2.13. The summed E-state index contributed by atoms with van der Waals surface area (Å²) in [5.74, 6) is -0.275. The zero-order chi connectivity index (χ0) is 9.68. The molecule has 0 radical (unpaired) electrons. The number of rotatable bonds is 3. The lowest BCUT2D eigenvalue weighted by molar-refractivity contribution is -0.138. The molecule has 0 heterocycles. The van der Waals surface area contributed by atoms with E-state index >= 15 is 0 Å². The fraction of sp³-hybridized carbons (Fsp3) is 0.222. The van der Waals surface area contributed by atoms with E-state index in [1.807, 2.05) is 24.3 Å². The van der Waals surface area contributed by atoms with Crippen LogP contribution in [0.25, 0.3) is 0 Å². The summed E-state index contributed by atoms with van der Waals surface area (Å²) >= 11 is 3.32. The van der Waals surface area contributed by atoms with Gasteiger partial charge in [-0.25, -0.2) is 0 Å². The monoisotopic (exact) mass is 279 g/mol. The van der Waals surface area contributed by atoms with E-state index in [9.17, 15) is 4.79 Å². The molecule has 0 aliphatic rings. The Balaban J connectivity index is 0.00000169. The Labute approximate surface area is 97.4 Å². The number of carbonyl (C=O) groups is 1. The van der Waals surface area contributed by atoms with Crippen molar-refractivity contribution in [1.82, 2.24) is 0 Å². The zero-order valence-electron chi connectivity index (χ0n) is 7.62. The van der Waals surface area contributed by atoms with Gasteiger partial charge in [-0.1, -0.05) is 15.9 Å². The molecule has 0 unspecified atom stereocenters.